The van der Waals surface area contributed by atoms with E-state index in [0.29, 0.717) is 11.7 Å². The Labute approximate surface area is 185 Å². The van der Waals surface area contributed by atoms with Crippen molar-refractivity contribution in [2.45, 2.75) is 32.8 Å². The second kappa shape index (κ2) is 12.0. The number of hydrogen-bond acceptors (Lipinski definition) is 4. The molecule has 7 heteroatoms. The first-order valence-corrected chi connectivity index (χ1v) is 9.50. The molecule has 1 aromatic carbocycles. The minimum Gasteiger partial charge on any atom is -0.463 e. The Hall–Kier alpha value is -1.74. The zero-order valence-electron chi connectivity index (χ0n) is 17.2. The maximum absolute atomic E-state index is 10.6. The first-order valence-electron chi connectivity index (χ1n) is 9.50. The van der Waals surface area contributed by atoms with Crippen LogP contribution in [0.5, 0.6) is 0 Å². The van der Waals surface area contributed by atoms with Crippen LogP contribution < -0.4 is 15.5 Å². The average Bonchev–Trinajstić information content (AvgIpc) is 3.11. The average molecular weight is 500 g/mol. The Bertz CT molecular complexity index is 716. The third-order valence-electron chi connectivity index (χ3n) is 4.32. The molecular formula is C21H33IN4O2. The predicted molar refractivity (Wildman–Crippen MR) is 127 cm³/mol. The number of aliphatic hydroxyl groups is 1. The number of nitrogens with zero attached hydrogens (tertiary/aromatic N) is 2. The number of anilines is 1. The second-order valence-corrected chi connectivity index (χ2v) is 6.92. The van der Waals surface area contributed by atoms with Gasteiger partial charge < -0.3 is 25.1 Å². The van der Waals surface area contributed by atoms with E-state index in [-0.39, 0.29) is 30.5 Å². The van der Waals surface area contributed by atoms with Crippen molar-refractivity contribution in [3.63, 3.8) is 0 Å². The zero-order valence-corrected chi connectivity index (χ0v) is 19.6. The first-order chi connectivity index (χ1) is 12.9. The van der Waals surface area contributed by atoms with Crippen LogP contribution in [0, 0.1) is 6.92 Å². The normalized spacial score (nSPS) is 13.4. The summed E-state index contributed by atoms with van der Waals surface area (Å²) in [6.45, 7) is 8.32. The molecule has 0 bridgehead atoms. The van der Waals surface area contributed by atoms with Gasteiger partial charge in [0, 0.05) is 32.4 Å². The van der Waals surface area contributed by atoms with E-state index in [1.165, 1.54) is 5.69 Å². The van der Waals surface area contributed by atoms with Gasteiger partial charge in [0.25, 0.3) is 0 Å². The molecule has 0 aliphatic rings. The monoisotopic (exact) mass is 500 g/mol. The number of rotatable bonds is 9. The van der Waals surface area contributed by atoms with Crippen LogP contribution in [0.2, 0.25) is 0 Å². The van der Waals surface area contributed by atoms with E-state index < -0.39 is 5.60 Å². The van der Waals surface area contributed by atoms with E-state index in [9.17, 15) is 5.11 Å². The fourth-order valence-corrected chi connectivity index (χ4v) is 2.71. The molecule has 2 rings (SSSR count). The van der Waals surface area contributed by atoms with E-state index >= 15 is 0 Å². The molecule has 0 radical (unpaired) electrons. The van der Waals surface area contributed by atoms with Crippen molar-refractivity contribution in [2.75, 3.05) is 38.1 Å². The van der Waals surface area contributed by atoms with Crippen LogP contribution in [-0.2, 0) is 5.60 Å². The molecule has 156 valence electrons. The highest BCUT2D eigenvalue weighted by molar-refractivity contribution is 14.0. The van der Waals surface area contributed by atoms with Crippen molar-refractivity contribution in [3.05, 3.63) is 54.0 Å². The summed E-state index contributed by atoms with van der Waals surface area (Å²) in [5.74, 6) is 2.01. The highest BCUT2D eigenvalue weighted by Crippen LogP contribution is 2.23. The number of nitrogens with one attached hydrogen (secondary N) is 2. The molecule has 0 spiro atoms. The Morgan fingerprint density at radius 3 is 2.50 bits per heavy atom. The molecule has 0 saturated heterocycles. The lowest BCUT2D eigenvalue weighted by atomic mass is 10.0. The lowest BCUT2D eigenvalue weighted by molar-refractivity contribution is 0.0428. The predicted octanol–water partition coefficient (Wildman–Crippen LogP) is 3.50. The number of hydrogen-bond donors (Lipinski definition) is 3. The van der Waals surface area contributed by atoms with Crippen LogP contribution in [0.15, 0.2) is 51.9 Å². The standard InChI is InChI=1S/C21H32N4O2.HI/c1-5-22-20(24-16-21(3,26)19-13-12-17(2)27-19)23-14-9-15-25(4)18-10-7-6-8-11-18;/h6-8,10-13,26H,5,9,14-16H2,1-4H3,(H2,22,23,24);1H. The molecule has 1 heterocycles. The van der Waals surface area contributed by atoms with Gasteiger partial charge in [-0.15, -0.1) is 24.0 Å². The third kappa shape index (κ3) is 7.71. The van der Waals surface area contributed by atoms with Crippen molar-refractivity contribution in [3.8, 4) is 0 Å². The molecule has 1 aromatic heterocycles. The number of para-hydroxylation sites is 1. The van der Waals surface area contributed by atoms with Gasteiger partial charge in [-0.3, -0.25) is 0 Å². The number of aryl methyl sites for hydroxylation is 1. The number of benzene rings is 1. The van der Waals surface area contributed by atoms with Gasteiger partial charge in [-0.1, -0.05) is 18.2 Å². The first kappa shape index (κ1) is 24.3. The van der Waals surface area contributed by atoms with Gasteiger partial charge in [-0.25, -0.2) is 4.99 Å². The van der Waals surface area contributed by atoms with E-state index in [1.54, 1.807) is 13.0 Å². The molecular weight excluding hydrogens is 467 g/mol. The number of guanidine groups is 1. The zero-order chi connectivity index (χ0) is 19.7. The molecule has 0 saturated carbocycles. The van der Waals surface area contributed by atoms with E-state index in [0.717, 1.165) is 31.8 Å². The second-order valence-electron chi connectivity index (χ2n) is 6.92. The third-order valence-corrected chi connectivity index (χ3v) is 4.32. The van der Waals surface area contributed by atoms with Gasteiger partial charge in [0.05, 0.1) is 6.54 Å². The topological polar surface area (TPSA) is 73.0 Å². The number of aliphatic imine (C=N–C) groups is 1. The molecule has 1 atom stereocenters. The van der Waals surface area contributed by atoms with Crippen LogP contribution in [0.3, 0.4) is 0 Å². The van der Waals surface area contributed by atoms with Crippen LogP contribution in [0.25, 0.3) is 0 Å². The molecule has 1 unspecified atom stereocenters. The summed E-state index contributed by atoms with van der Waals surface area (Å²) in [4.78, 5) is 6.75. The molecule has 0 aliphatic carbocycles. The van der Waals surface area contributed by atoms with E-state index in [4.69, 9.17) is 4.42 Å². The smallest absolute Gasteiger partial charge is 0.191 e. The van der Waals surface area contributed by atoms with Gasteiger partial charge in [-0.2, -0.15) is 0 Å². The summed E-state index contributed by atoms with van der Waals surface area (Å²) in [6.07, 6.45) is 0.976. The number of furan rings is 1. The van der Waals surface area contributed by atoms with Crippen molar-refractivity contribution >= 4 is 35.6 Å². The van der Waals surface area contributed by atoms with Gasteiger partial charge in [0.2, 0.25) is 0 Å². The summed E-state index contributed by atoms with van der Waals surface area (Å²) in [5, 5.41) is 17.2. The van der Waals surface area contributed by atoms with Crippen molar-refractivity contribution < 1.29 is 9.52 Å². The maximum Gasteiger partial charge on any atom is 0.191 e. The summed E-state index contributed by atoms with van der Waals surface area (Å²) in [7, 11) is 2.09. The Balaban J connectivity index is 0.00000392. The Morgan fingerprint density at radius 1 is 1.18 bits per heavy atom. The van der Waals surface area contributed by atoms with Crippen LogP contribution in [0.4, 0.5) is 5.69 Å². The highest BCUT2D eigenvalue weighted by Gasteiger charge is 2.26. The lowest BCUT2D eigenvalue weighted by Crippen LogP contribution is -2.40. The van der Waals surface area contributed by atoms with Gasteiger partial charge in [0.1, 0.15) is 17.1 Å². The molecule has 28 heavy (non-hydrogen) atoms. The van der Waals surface area contributed by atoms with Crippen molar-refractivity contribution in [2.24, 2.45) is 4.99 Å². The van der Waals surface area contributed by atoms with E-state index in [1.807, 2.05) is 38.1 Å². The van der Waals surface area contributed by atoms with Crippen molar-refractivity contribution in [1.29, 1.82) is 0 Å². The summed E-state index contributed by atoms with van der Waals surface area (Å²) >= 11 is 0. The number of halogens is 1. The maximum atomic E-state index is 10.6. The summed E-state index contributed by atoms with van der Waals surface area (Å²) in [5.41, 5.74) is 0.0762. The highest BCUT2D eigenvalue weighted by atomic mass is 127. The fraction of sp³-hybridized carbons (Fsp3) is 0.476. The fourth-order valence-electron chi connectivity index (χ4n) is 2.71. The minimum atomic E-state index is -1.13. The van der Waals surface area contributed by atoms with E-state index in [2.05, 4.69) is 39.7 Å². The summed E-state index contributed by atoms with van der Waals surface area (Å²) in [6, 6.07) is 14.0. The Morgan fingerprint density at radius 2 is 1.89 bits per heavy atom. The summed E-state index contributed by atoms with van der Waals surface area (Å²) < 4.78 is 5.54. The van der Waals surface area contributed by atoms with Crippen LogP contribution >= 0.6 is 24.0 Å². The molecule has 3 N–H and O–H groups in total. The molecule has 6 nitrogen and oxygen atoms in total. The molecule has 0 fully saturated rings. The quantitative estimate of drug-likeness (QED) is 0.213. The van der Waals surface area contributed by atoms with Gasteiger partial charge in [-0.05, 0) is 51.5 Å². The molecule has 2 aromatic rings. The van der Waals surface area contributed by atoms with Gasteiger partial charge >= 0.3 is 0 Å². The largest absolute Gasteiger partial charge is 0.463 e. The molecule has 0 amide bonds. The SMILES string of the molecule is CCNC(=NCC(C)(O)c1ccc(C)o1)NCCCN(C)c1ccccc1.I. The lowest BCUT2D eigenvalue weighted by Gasteiger charge is -2.21. The molecule has 0 aliphatic heterocycles. The minimum absolute atomic E-state index is 0. The van der Waals surface area contributed by atoms with Gasteiger partial charge in [0.15, 0.2) is 5.96 Å². The van der Waals surface area contributed by atoms with Crippen LogP contribution in [0.1, 0.15) is 31.8 Å². The Kier molecular flexibility index (Phi) is 10.4. The van der Waals surface area contributed by atoms with Crippen molar-refractivity contribution in [1.82, 2.24) is 10.6 Å². The van der Waals surface area contributed by atoms with Crippen LogP contribution in [-0.4, -0.2) is 44.3 Å².